The first kappa shape index (κ1) is 19.9. The molecule has 7 heteroatoms. The second-order valence-electron chi connectivity index (χ2n) is 6.46. The minimum atomic E-state index is -3.63. The average Bonchev–Trinajstić information content (AvgIpc) is 2.51. The smallest absolute Gasteiger partial charge is 0.241 e. The minimum absolute atomic E-state index is 0.326. The molecule has 0 saturated carbocycles. The zero-order chi connectivity index (χ0) is 19.5. The molecular formula is C19H23FN2O3S. The molecule has 2 aromatic rings. The third-order valence-corrected chi connectivity index (χ3v) is 5.07. The maximum atomic E-state index is 13.0. The Hall–Kier alpha value is -2.41. The number of aryl methyl sites for hydroxylation is 2. The van der Waals surface area contributed by atoms with Crippen molar-refractivity contribution >= 4 is 21.6 Å². The Bertz CT molecular complexity index is 875. The highest BCUT2D eigenvalue weighted by molar-refractivity contribution is 7.92. The van der Waals surface area contributed by atoms with Gasteiger partial charge in [0, 0.05) is 0 Å². The molecule has 1 N–H and O–H groups in total. The van der Waals surface area contributed by atoms with E-state index in [9.17, 15) is 17.6 Å². The van der Waals surface area contributed by atoms with Crippen LogP contribution >= 0.6 is 0 Å². The van der Waals surface area contributed by atoms with Gasteiger partial charge in [-0.25, -0.2) is 12.8 Å². The van der Waals surface area contributed by atoms with Crippen LogP contribution in [0.15, 0.2) is 42.5 Å². The molecule has 140 valence electrons. The van der Waals surface area contributed by atoms with Crippen molar-refractivity contribution in [3.8, 4) is 0 Å². The summed E-state index contributed by atoms with van der Waals surface area (Å²) in [5.74, 6) is -0.795. The number of hydrogen-bond donors (Lipinski definition) is 1. The lowest BCUT2D eigenvalue weighted by Crippen LogP contribution is -2.41. The van der Waals surface area contributed by atoms with Gasteiger partial charge in [-0.1, -0.05) is 18.2 Å². The van der Waals surface area contributed by atoms with Crippen molar-refractivity contribution in [2.24, 2.45) is 0 Å². The third-order valence-electron chi connectivity index (χ3n) is 3.93. The van der Waals surface area contributed by atoms with Crippen molar-refractivity contribution in [2.45, 2.75) is 26.8 Å². The van der Waals surface area contributed by atoms with Gasteiger partial charge in [0.25, 0.3) is 0 Å². The second kappa shape index (κ2) is 7.86. The van der Waals surface area contributed by atoms with Crippen LogP contribution in [0.4, 0.5) is 10.1 Å². The summed E-state index contributed by atoms with van der Waals surface area (Å²) in [5, 5.41) is 2.75. The highest BCUT2D eigenvalue weighted by Crippen LogP contribution is 2.21. The molecule has 0 aliphatic heterocycles. The van der Waals surface area contributed by atoms with Crippen LogP contribution in [-0.2, 0) is 14.8 Å². The largest absolute Gasteiger partial charge is 0.348 e. The van der Waals surface area contributed by atoms with Gasteiger partial charge >= 0.3 is 0 Å². The Balaban J connectivity index is 2.18. The van der Waals surface area contributed by atoms with Gasteiger partial charge in [0.1, 0.15) is 12.4 Å². The van der Waals surface area contributed by atoms with E-state index < -0.39 is 15.9 Å². The molecule has 0 unspecified atom stereocenters. The SMILES string of the molecule is Cc1cc(C)cc(N(CC(=O)N[C@@H](C)c2ccc(F)cc2)S(C)(=O)=O)c1. The standard InChI is InChI=1S/C19H23FN2O3S/c1-13-9-14(2)11-18(10-13)22(26(4,24)25)12-19(23)21-15(3)16-5-7-17(20)8-6-16/h5-11,15H,12H2,1-4H3,(H,21,23)/t15-/m0/s1. The number of benzene rings is 2. The lowest BCUT2D eigenvalue weighted by atomic mass is 10.1. The molecule has 0 aliphatic carbocycles. The molecule has 0 fully saturated rings. The summed E-state index contributed by atoms with van der Waals surface area (Å²) in [6, 6.07) is 10.8. The highest BCUT2D eigenvalue weighted by Gasteiger charge is 2.22. The van der Waals surface area contributed by atoms with E-state index in [-0.39, 0.29) is 18.4 Å². The van der Waals surface area contributed by atoms with Crippen LogP contribution in [0.1, 0.15) is 29.7 Å². The van der Waals surface area contributed by atoms with Crippen LogP contribution < -0.4 is 9.62 Å². The molecule has 0 radical (unpaired) electrons. The molecular weight excluding hydrogens is 355 g/mol. The lowest BCUT2D eigenvalue weighted by molar-refractivity contribution is -0.120. The summed E-state index contributed by atoms with van der Waals surface area (Å²) in [5.41, 5.74) is 3.01. The Morgan fingerprint density at radius 2 is 1.65 bits per heavy atom. The number of hydrogen-bond acceptors (Lipinski definition) is 3. The molecule has 1 atom stereocenters. The van der Waals surface area contributed by atoms with E-state index in [0.717, 1.165) is 27.3 Å². The topological polar surface area (TPSA) is 66.5 Å². The lowest BCUT2D eigenvalue weighted by Gasteiger charge is -2.24. The number of sulfonamides is 1. The van der Waals surface area contributed by atoms with E-state index in [2.05, 4.69) is 5.32 Å². The van der Waals surface area contributed by atoms with E-state index in [4.69, 9.17) is 0 Å². The molecule has 2 aromatic carbocycles. The third kappa shape index (κ3) is 5.29. The summed E-state index contributed by atoms with van der Waals surface area (Å²) < 4.78 is 38.5. The molecule has 1 amide bonds. The van der Waals surface area contributed by atoms with Crippen molar-refractivity contribution in [2.75, 3.05) is 17.1 Å². The van der Waals surface area contributed by atoms with Gasteiger partial charge in [-0.05, 0) is 61.7 Å². The van der Waals surface area contributed by atoms with Crippen molar-refractivity contribution in [1.82, 2.24) is 5.32 Å². The molecule has 5 nitrogen and oxygen atoms in total. The summed E-state index contributed by atoms with van der Waals surface area (Å²) in [6.45, 7) is 5.17. The Morgan fingerprint density at radius 3 is 2.15 bits per heavy atom. The first-order valence-corrected chi connectivity index (χ1v) is 10.0. The molecule has 26 heavy (non-hydrogen) atoms. The van der Waals surface area contributed by atoms with Crippen LogP contribution in [0, 0.1) is 19.7 Å². The van der Waals surface area contributed by atoms with Gasteiger partial charge in [0.2, 0.25) is 15.9 Å². The predicted molar refractivity (Wildman–Crippen MR) is 101 cm³/mol. The second-order valence-corrected chi connectivity index (χ2v) is 8.36. The van der Waals surface area contributed by atoms with Crippen LogP contribution in [0.25, 0.3) is 0 Å². The monoisotopic (exact) mass is 378 g/mol. The highest BCUT2D eigenvalue weighted by atomic mass is 32.2. The number of anilines is 1. The summed E-state index contributed by atoms with van der Waals surface area (Å²) in [7, 11) is -3.63. The molecule has 0 aromatic heterocycles. The van der Waals surface area contributed by atoms with E-state index in [1.807, 2.05) is 19.9 Å². The zero-order valence-electron chi connectivity index (χ0n) is 15.3. The molecule has 0 bridgehead atoms. The molecule has 0 saturated heterocycles. The first-order valence-electron chi connectivity index (χ1n) is 8.17. The van der Waals surface area contributed by atoms with E-state index >= 15 is 0 Å². The van der Waals surface area contributed by atoms with Gasteiger partial charge in [0.05, 0.1) is 18.0 Å². The molecule has 0 aliphatic rings. The summed E-state index contributed by atoms with van der Waals surface area (Å²) >= 11 is 0. The summed E-state index contributed by atoms with van der Waals surface area (Å²) in [4.78, 5) is 12.4. The normalized spacial score (nSPS) is 12.5. The van der Waals surface area contributed by atoms with Crippen molar-refractivity contribution in [3.63, 3.8) is 0 Å². The summed E-state index contributed by atoms with van der Waals surface area (Å²) in [6.07, 6.45) is 1.07. The predicted octanol–water partition coefficient (Wildman–Crippen LogP) is 3.09. The van der Waals surface area contributed by atoms with Crippen molar-refractivity contribution in [1.29, 1.82) is 0 Å². The van der Waals surface area contributed by atoms with Crippen LogP contribution in [0.5, 0.6) is 0 Å². The maximum absolute atomic E-state index is 13.0. The number of carbonyl (C=O) groups excluding carboxylic acids is 1. The van der Waals surface area contributed by atoms with Gasteiger partial charge in [0.15, 0.2) is 0 Å². The number of nitrogens with zero attached hydrogens (tertiary/aromatic N) is 1. The maximum Gasteiger partial charge on any atom is 0.241 e. The van der Waals surface area contributed by atoms with Crippen LogP contribution in [0.2, 0.25) is 0 Å². The van der Waals surface area contributed by atoms with Gasteiger partial charge < -0.3 is 5.32 Å². The van der Waals surface area contributed by atoms with Crippen LogP contribution in [0.3, 0.4) is 0 Å². The van der Waals surface area contributed by atoms with Crippen molar-refractivity contribution in [3.05, 3.63) is 65.0 Å². The number of amides is 1. The average molecular weight is 378 g/mol. The van der Waals surface area contributed by atoms with E-state index in [1.165, 1.54) is 12.1 Å². The Morgan fingerprint density at radius 1 is 1.12 bits per heavy atom. The Labute approximate surface area is 153 Å². The van der Waals surface area contributed by atoms with Gasteiger partial charge in [-0.2, -0.15) is 0 Å². The number of nitrogens with one attached hydrogen (secondary N) is 1. The fraction of sp³-hybridized carbons (Fsp3) is 0.316. The van der Waals surface area contributed by atoms with E-state index in [1.54, 1.807) is 31.2 Å². The first-order chi connectivity index (χ1) is 12.1. The fourth-order valence-corrected chi connectivity index (χ4v) is 3.59. The molecule has 0 spiro atoms. The minimum Gasteiger partial charge on any atom is -0.348 e. The quantitative estimate of drug-likeness (QED) is 0.840. The number of carbonyl (C=O) groups is 1. The fourth-order valence-electron chi connectivity index (χ4n) is 2.75. The number of halogens is 1. The van der Waals surface area contributed by atoms with E-state index in [0.29, 0.717) is 5.69 Å². The molecule has 0 heterocycles. The van der Waals surface area contributed by atoms with Crippen molar-refractivity contribution < 1.29 is 17.6 Å². The Kier molecular flexibility index (Phi) is 6.02. The van der Waals surface area contributed by atoms with Crippen LogP contribution in [-0.4, -0.2) is 27.1 Å². The van der Waals surface area contributed by atoms with Gasteiger partial charge in [-0.15, -0.1) is 0 Å². The zero-order valence-corrected chi connectivity index (χ0v) is 16.1. The van der Waals surface area contributed by atoms with Gasteiger partial charge in [-0.3, -0.25) is 9.10 Å². The molecule has 2 rings (SSSR count). The number of rotatable bonds is 6.